The predicted octanol–water partition coefficient (Wildman–Crippen LogP) is 4.96. The van der Waals surface area contributed by atoms with Crippen molar-refractivity contribution in [1.29, 1.82) is 0 Å². The maximum atomic E-state index is 11.7. The highest BCUT2D eigenvalue weighted by atomic mass is 32.2. The maximum absolute atomic E-state index is 11.7. The van der Waals surface area contributed by atoms with E-state index in [0.717, 1.165) is 5.56 Å². The average Bonchev–Trinajstić information content (AvgIpc) is 2.78. The summed E-state index contributed by atoms with van der Waals surface area (Å²) in [6.45, 7) is 13.9. The van der Waals surface area contributed by atoms with E-state index in [1.165, 1.54) is 17.3 Å². The van der Waals surface area contributed by atoms with E-state index in [0.29, 0.717) is 16.3 Å². The first-order valence-electron chi connectivity index (χ1n) is 7.20. The molecule has 0 aliphatic rings. The number of thioether (sulfide) groups is 1. The third-order valence-corrected chi connectivity index (χ3v) is 4.72. The van der Waals surface area contributed by atoms with Gasteiger partial charge in [0.1, 0.15) is 5.69 Å². The Hall–Kier alpha value is -2.19. The number of carboxylic acid groups (broad SMARTS) is 1. The quantitative estimate of drug-likeness (QED) is 0.640. The molecule has 1 aromatic heterocycles. The minimum absolute atomic E-state index is 0.0257. The normalized spacial score (nSPS) is 11.3. The fourth-order valence-electron chi connectivity index (χ4n) is 2.65. The molecule has 0 aliphatic carbocycles. The van der Waals surface area contributed by atoms with Gasteiger partial charge in [-0.15, -0.1) is 11.8 Å². The molecule has 1 aromatic carbocycles. The Morgan fingerprint density at radius 3 is 2.22 bits per heavy atom. The number of benzene rings is 1. The summed E-state index contributed by atoms with van der Waals surface area (Å²) in [6.07, 6.45) is 1.85. The maximum Gasteiger partial charge on any atom is 0.351 e. The molecule has 0 aliphatic heterocycles. The van der Waals surface area contributed by atoms with Crippen molar-refractivity contribution in [3.05, 3.63) is 46.9 Å². The Balaban J connectivity index is 2.72. The average molecular weight is 328 g/mol. The predicted molar refractivity (Wildman–Crippen MR) is 94.6 cm³/mol. The highest BCUT2D eigenvalue weighted by molar-refractivity contribution is 7.98. The number of rotatable bonds is 3. The third-order valence-electron chi connectivity index (χ3n) is 3.86. The van der Waals surface area contributed by atoms with E-state index in [1.54, 1.807) is 11.6 Å². The van der Waals surface area contributed by atoms with Gasteiger partial charge in [0.15, 0.2) is 0 Å². The molecule has 0 spiro atoms. The van der Waals surface area contributed by atoms with Crippen LogP contribution in [-0.4, -0.2) is 21.9 Å². The molecule has 4 nitrogen and oxygen atoms in total. The summed E-state index contributed by atoms with van der Waals surface area (Å²) in [7, 11) is 1.69. The monoisotopic (exact) mass is 328 g/mol. The zero-order chi connectivity index (χ0) is 17.4. The third kappa shape index (κ3) is 2.99. The molecule has 2 aromatic rings. The van der Waals surface area contributed by atoms with Crippen molar-refractivity contribution < 1.29 is 9.90 Å². The lowest BCUT2D eigenvalue weighted by Crippen LogP contribution is -2.10. The van der Waals surface area contributed by atoms with Crippen LogP contribution in [0.4, 0.5) is 5.69 Å². The summed E-state index contributed by atoms with van der Waals surface area (Å²) in [5.41, 5.74) is 3.02. The first-order chi connectivity index (χ1) is 10.7. The van der Waals surface area contributed by atoms with E-state index in [9.17, 15) is 9.90 Å². The fraction of sp³-hybridized carbons (Fsp3) is 0.333. The molecule has 1 N–H and O–H groups in total. The number of carboxylic acids is 1. The van der Waals surface area contributed by atoms with Gasteiger partial charge in [-0.25, -0.2) is 9.64 Å². The number of aromatic carboxylic acids is 1. The van der Waals surface area contributed by atoms with E-state index in [-0.39, 0.29) is 11.1 Å². The van der Waals surface area contributed by atoms with Gasteiger partial charge in [-0.05, 0) is 22.8 Å². The lowest BCUT2D eigenvalue weighted by atomic mass is 9.86. The van der Waals surface area contributed by atoms with Crippen molar-refractivity contribution in [2.45, 2.75) is 31.2 Å². The summed E-state index contributed by atoms with van der Waals surface area (Å²) in [5.74, 6) is -1.02. The van der Waals surface area contributed by atoms with Crippen LogP contribution in [0.25, 0.3) is 16.0 Å². The largest absolute Gasteiger partial charge is 0.477 e. The van der Waals surface area contributed by atoms with Crippen LogP contribution in [0.15, 0.2) is 29.3 Å². The van der Waals surface area contributed by atoms with Crippen molar-refractivity contribution in [3.8, 4) is 11.1 Å². The van der Waals surface area contributed by atoms with E-state index in [2.05, 4.69) is 25.6 Å². The van der Waals surface area contributed by atoms with Crippen LogP contribution in [0.2, 0.25) is 0 Å². The van der Waals surface area contributed by atoms with Crippen LogP contribution in [0.1, 0.15) is 36.8 Å². The van der Waals surface area contributed by atoms with Crippen LogP contribution < -0.4 is 0 Å². The van der Waals surface area contributed by atoms with Gasteiger partial charge < -0.3 is 9.67 Å². The Kier molecular flexibility index (Phi) is 4.58. The summed E-state index contributed by atoms with van der Waals surface area (Å²) < 4.78 is 1.59. The van der Waals surface area contributed by atoms with Crippen LogP contribution in [0.3, 0.4) is 0 Å². The molecule has 0 fully saturated rings. The summed E-state index contributed by atoms with van der Waals surface area (Å²) in [4.78, 5) is 15.3. The number of hydrogen-bond acceptors (Lipinski definition) is 2. The van der Waals surface area contributed by atoms with Crippen molar-refractivity contribution in [2.24, 2.45) is 7.05 Å². The first kappa shape index (κ1) is 17.2. The van der Waals surface area contributed by atoms with E-state index in [4.69, 9.17) is 6.57 Å². The molecule has 0 bridgehead atoms. The van der Waals surface area contributed by atoms with Crippen molar-refractivity contribution in [1.82, 2.24) is 4.57 Å². The zero-order valence-corrected chi connectivity index (χ0v) is 14.8. The molecule has 2 rings (SSSR count). The highest BCUT2D eigenvalue weighted by Gasteiger charge is 2.26. The summed E-state index contributed by atoms with van der Waals surface area (Å²) in [6, 6.07) is 7.81. The first-order valence-corrected chi connectivity index (χ1v) is 8.43. The minimum Gasteiger partial charge on any atom is -0.477 e. The van der Waals surface area contributed by atoms with Crippen molar-refractivity contribution in [2.75, 3.05) is 6.26 Å². The highest BCUT2D eigenvalue weighted by Crippen LogP contribution is 2.43. The molecule has 23 heavy (non-hydrogen) atoms. The second-order valence-corrected chi connectivity index (χ2v) is 7.18. The minimum atomic E-state index is -1.02. The molecule has 0 radical (unpaired) electrons. The number of nitrogens with zero attached hydrogens (tertiary/aromatic N) is 2. The second kappa shape index (κ2) is 6.13. The van der Waals surface area contributed by atoms with Gasteiger partial charge in [-0.2, -0.15) is 0 Å². The van der Waals surface area contributed by atoms with Crippen LogP contribution in [-0.2, 0) is 12.5 Å². The van der Waals surface area contributed by atoms with Crippen LogP contribution in [0.5, 0.6) is 0 Å². The van der Waals surface area contributed by atoms with E-state index < -0.39 is 5.97 Å². The lowest BCUT2D eigenvalue weighted by molar-refractivity contribution is 0.0686. The van der Waals surface area contributed by atoms with Crippen LogP contribution in [0, 0.1) is 6.57 Å². The Morgan fingerprint density at radius 2 is 1.83 bits per heavy atom. The van der Waals surface area contributed by atoms with E-state index in [1.807, 2.05) is 30.5 Å². The molecular weight excluding hydrogens is 308 g/mol. The number of hydrogen-bond donors (Lipinski definition) is 1. The Morgan fingerprint density at radius 1 is 1.26 bits per heavy atom. The molecule has 5 heteroatoms. The van der Waals surface area contributed by atoms with Crippen molar-refractivity contribution in [3.63, 3.8) is 0 Å². The van der Waals surface area contributed by atoms with Gasteiger partial charge in [-0.1, -0.05) is 45.0 Å². The topological polar surface area (TPSA) is 46.6 Å². The number of aromatic nitrogens is 1. The second-order valence-electron chi connectivity index (χ2n) is 6.38. The summed E-state index contributed by atoms with van der Waals surface area (Å²) >= 11 is 1.39. The molecule has 0 atom stereocenters. The van der Waals surface area contributed by atoms with Gasteiger partial charge in [0.25, 0.3) is 0 Å². The zero-order valence-electron chi connectivity index (χ0n) is 14.0. The van der Waals surface area contributed by atoms with Crippen molar-refractivity contribution >= 4 is 23.4 Å². The Labute approximate surface area is 141 Å². The Bertz CT molecular complexity index is 790. The molecule has 0 saturated carbocycles. The van der Waals surface area contributed by atoms with Gasteiger partial charge in [-0.3, -0.25) is 0 Å². The van der Waals surface area contributed by atoms with Gasteiger partial charge in [0.05, 0.1) is 11.6 Å². The van der Waals surface area contributed by atoms with Gasteiger partial charge in [0.2, 0.25) is 5.69 Å². The SMILES string of the molecule is [C-]#[N+]c1c(-c2ccc(C(C)(C)C)cc2)c(C(=O)O)n(C)c1SC. The molecular formula is C18H20N2O2S. The molecule has 0 amide bonds. The summed E-state index contributed by atoms with van der Waals surface area (Å²) in [5, 5.41) is 10.3. The van der Waals surface area contributed by atoms with Crippen LogP contribution >= 0.6 is 11.8 Å². The fourth-order valence-corrected chi connectivity index (χ4v) is 3.35. The molecule has 120 valence electrons. The van der Waals surface area contributed by atoms with Gasteiger partial charge in [0, 0.05) is 12.6 Å². The number of carbonyl (C=O) groups is 1. The lowest BCUT2D eigenvalue weighted by Gasteiger charge is -2.19. The molecule has 0 unspecified atom stereocenters. The van der Waals surface area contributed by atoms with E-state index >= 15 is 0 Å². The van der Waals surface area contributed by atoms with Gasteiger partial charge >= 0.3 is 5.97 Å². The standard InChI is InChI=1S/C18H20N2O2S/c1-18(2,3)12-9-7-11(8-10-12)13-14(19-4)16(23-6)20(5)15(13)17(21)22/h7-10H,1-3,5-6H3,(H,21,22). The molecule has 0 saturated heterocycles. The molecule has 1 heterocycles. The smallest absolute Gasteiger partial charge is 0.351 e.